The van der Waals surface area contributed by atoms with Crippen LogP contribution < -0.4 is 4.74 Å². The van der Waals surface area contributed by atoms with Gasteiger partial charge in [0.15, 0.2) is 0 Å². The van der Waals surface area contributed by atoms with Gasteiger partial charge in [-0.2, -0.15) is 0 Å². The van der Waals surface area contributed by atoms with E-state index >= 15 is 0 Å². The summed E-state index contributed by atoms with van der Waals surface area (Å²) in [5, 5.41) is 16.9. The summed E-state index contributed by atoms with van der Waals surface area (Å²) >= 11 is 0. The smallest absolute Gasteiger partial charge is 0.303 e. The fraction of sp³-hybridized carbons (Fsp3) is 0.471. The van der Waals surface area contributed by atoms with E-state index < -0.39 is 5.97 Å². The van der Waals surface area contributed by atoms with Gasteiger partial charge in [0.1, 0.15) is 5.75 Å². The average Bonchev–Trinajstić information content (AvgIpc) is 2.87. The van der Waals surface area contributed by atoms with Gasteiger partial charge < -0.3 is 9.84 Å². The lowest BCUT2D eigenvalue weighted by atomic mass is 10.2. The van der Waals surface area contributed by atoms with Gasteiger partial charge in [0.2, 0.25) is 0 Å². The molecule has 124 valence electrons. The molecular weight excluding hydrogens is 294 g/mol. The third kappa shape index (κ3) is 5.39. The van der Waals surface area contributed by atoms with Crippen LogP contribution in [-0.4, -0.2) is 32.7 Å². The lowest BCUT2D eigenvalue weighted by molar-refractivity contribution is -0.136. The van der Waals surface area contributed by atoms with Crippen LogP contribution in [-0.2, 0) is 17.8 Å². The van der Waals surface area contributed by atoms with Crippen LogP contribution in [0.1, 0.15) is 36.2 Å². The molecule has 0 amide bonds. The van der Waals surface area contributed by atoms with Crippen molar-refractivity contribution in [3.8, 4) is 5.75 Å². The second-order valence-electron chi connectivity index (χ2n) is 5.61. The molecule has 0 spiro atoms. The van der Waals surface area contributed by atoms with Crippen LogP contribution in [0.25, 0.3) is 0 Å². The number of ether oxygens (including phenoxy) is 1. The highest BCUT2D eigenvalue weighted by Crippen LogP contribution is 2.12. The molecule has 1 aromatic heterocycles. The molecule has 0 saturated heterocycles. The Bertz CT molecular complexity index is 635. The van der Waals surface area contributed by atoms with Gasteiger partial charge >= 0.3 is 5.97 Å². The molecule has 0 aliphatic rings. The van der Waals surface area contributed by atoms with E-state index in [-0.39, 0.29) is 6.42 Å². The molecule has 2 rings (SSSR count). The van der Waals surface area contributed by atoms with E-state index in [1.54, 1.807) is 0 Å². The topological polar surface area (TPSA) is 77.2 Å². The van der Waals surface area contributed by atoms with E-state index in [2.05, 4.69) is 17.2 Å². The molecule has 6 nitrogen and oxygen atoms in total. The number of nitrogens with zero attached hydrogens (tertiary/aromatic N) is 3. The van der Waals surface area contributed by atoms with Crippen molar-refractivity contribution in [2.24, 2.45) is 0 Å². The molecule has 0 aliphatic heterocycles. The number of aromatic nitrogens is 3. The van der Waals surface area contributed by atoms with Gasteiger partial charge in [-0.3, -0.25) is 4.79 Å². The van der Waals surface area contributed by atoms with Gasteiger partial charge in [-0.1, -0.05) is 22.9 Å². The molecule has 1 aromatic carbocycles. The minimum atomic E-state index is -0.813. The zero-order valence-corrected chi connectivity index (χ0v) is 13.7. The quantitative estimate of drug-likeness (QED) is 0.720. The van der Waals surface area contributed by atoms with Crippen molar-refractivity contribution in [1.82, 2.24) is 15.0 Å². The van der Waals surface area contributed by atoms with E-state index in [4.69, 9.17) is 9.84 Å². The number of carbonyl (C=O) groups is 1. The highest BCUT2D eigenvalue weighted by Gasteiger charge is 2.09. The van der Waals surface area contributed by atoms with E-state index in [1.807, 2.05) is 35.9 Å². The SMILES string of the molecule is Cc1ccc(OCCCCn2nnc(CCC(=O)O)c2C)cc1. The van der Waals surface area contributed by atoms with Crippen LogP contribution in [0, 0.1) is 13.8 Å². The molecule has 0 radical (unpaired) electrons. The second-order valence-corrected chi connectivity index (χ2v) is 5.61. The third-order valence-electron chi connectivity index (χ3n) is 3.71. The standard InChI is InChI=1S/C17H23N3O3/c1-13-5-7-15(8-6-13)23-12-4-3-11-20-14(2)16(18-19-20)9-10-17(21)22/h5-8H,3-4,9-12H2,1-2H3,(H,21,22). The van der Waals surface area contributed by atoms with Gasteiger partial charge in [-0.05, 0) is 38.8 Å². The molecule has 0 atom stereocenters. The summed E-state index contributed by atoms with van der Waals surface area (Å²) in [5.74, 6) is 0.0793. The maximum Gasteiger partial charge on any atom is 0.303 e. The van der Waals surface area contributed by atoms with Crippen molar-refractivity contribution in [2.45, 2.75) is 46.1 Å². The lowest BCUT2D eigenvalue weighted by Crippen LogP contribution is -2.06. The minimum Gasteiger partial charge on any atom is -0.494 e. The van der Waals surface area contributed by atoms with Gasteiger partial charge in [0, 0.05) is 13.0 Å². The summed E-state index contributed by atoms with van der Waals surface area (Å²) in [6, 6.07) is 8.02. The summed E-state index contributed by atoms with van der Waals surface area (Å²) in [6.45, 7) is 5.42. The average molecular weight is 317 g/mol. The molecule has 6 heteroatoms. The molecule has 2 aromatic rings. The number of hydrogen-bond donors (Lipinski definition) is 1. The van der Waals surface area contributed by atoms with Crippen molar-refractivity contribution in [3.63, 3.8) is 0 Å². The summed E-state index contributed by atoms with van der Waals surface area (Å²) in [4.78, 5) is 10.6. The van der Waals surface area contributed by atoms with Gasteiger partial charge in [-0.25, -0.2) is 4.68 Å². The number of unbranched alkanes of at least 4 members (excludes halogenated alkanes) is 1. The van der Waals surface area contributed by atoms with Crippen LogP contribution in [0.5, 0.6) is 5.75 Å². The molecule has 0 unspecified atom stereocenters. The van der Waals surface area contributed by atoms with E-state index in [0.717, 1.165) is 36.5 Å². The Kier molecular flexibility index (Phi) is 6.14. The molecule has 0 aliphatic carbocycles. The highest BCUT2D eigenvalue weighted by molar-refractivity contribution is 5.67. The predicted molar refractivity (Wildman–Crippen MR) is 86.6 cm³/mol. The summed E-state index contributed by atoms with van der Waals surface area (Å²) in [5.41, 5.74) is 2.94. The zero-order chi connectivity index (χ0) is 16.7. The van der Waals surface area contributed by atoms with Gasteiger partial charge in [-0.15, -0.1) is 5.10 Å². The van der Waals surface area contributed by atoms with Crippen molar-refractivity contribution in [2.75, 3.05) is 6.61 Å². The Balaban J connectivity index is 1.70. The Labute approximate surface area is 136 Å². The van der Waals surface area contributed by atoms with Crippen molar-refractivity contribution >= 4 is 5.97 Å². The number of benzene rings is 1. The first kappa shape index (κ1) is 17.0. The molecule has 0 bridgehead atoms. The normalized spacial score (nSPS) is 10.7. The highest BCUT2D eigenvalue weighted by atomic mass is 16.5. The second kappa shape index (κ2) is 8.31. The monoisotopic (exact) mass is 317 g/mol. The fourth-order valence-corrected chi connectivity index (χ4v) is 2.25. The predicted octanol–water partition coefficient (Wildman–Crippen LogP) is 2.77. The number of carboxylic acid groups (broad SMARTS) is 1. The van der Waals surface area contributed by atoms with E-state index in [1.165, 1.54) is 5.56 Å². The molecule has 0 fully saturated rings. The molecule has 23 heavy (non-hydrogen) atoms. The maximum atomic E-state index is 10.6. The number of carboxylic acids is 1. The number of rotatable bonds is 9. The zero-order valence-electron chi connectivity index (χ0n) is 13.7. The van der Waals surface area contributed by atoms with Crippen molar-refractivity contribution in [3.05, 3.63) is 41.2 Å². The molecule has 0 saturated carbocycles. The van der Waals surface area contributed by atoms with Gasteiger partial charge in [0.25, 0.3) is 0 Å². The molecule has 1 heterocycles. The first-order valence-corrected chi connectivity index (χ1v) is 7.86. The number of hydrogen-bond acceptors (Lipinski definition) is 4. The first-order valence-electron chi connectivity index (χ1n) is 7.86. The Hall–Kier alpha value is -2.37. The van der Waals surface area contributed by atoms with Crippen LogP contribution in [0.15, 0.2) is 24.3 Å². The number of aliphatic carboxylic acids is 1. The maximum absolute atomic E-state index is 10.6. The van der Waals surface area contributed by atoms with Crippen molar-refractivity contribution < 1.29 is 14.6 Å². The minimum absolute atomic E-state index is 0.0872. The molecular formula is C17H23N3O3. The summed E-state index contributed by atoms with van der Waals surface area (Å²) in [7, 11) is 0. The van der Waals surface area contributed by atoms with E-state index in [0.29, 0.717) is 13.0 Å². The van der Waals surface area contributed by atoms with Gasteiger partial charge in [0.05, 0.1) is 24.4 Å². The Morgan fingerprint density at radius 1 is 1.22 bits per heavy atom. The van der Waals surface area contributed by atoms with Crippen LogP contribution in [0.2, 0.25) is 0 Å². The first-order chi connectivity index (χ1) is 11.1. The number of aryl methyl sites for hydroxylation is 3. The Morgan fingerprint density at radius 3 is 2.65 bits per heavy atom. The third-order valence-corrected chi connectivity index (χ3v) is 3.71. The fourth-order valence-electron chi connectivity index (χ4n) is 2.25. The molecule has 1 N–H and O–H groups in total. The van der Waals surface area contributed by atoms with Crippen LogP contribution >= 0.6 is 0 Å². The summed E-state index contributed by atoms with van der Waals surface area (Å²) < 4.78 is 7.53. The Morgan fingerprint density at radius 2 is 1.96 bits per heavy atom. The van der Waals surface area contributed by atoms with Crippen molar-refractivity contribution in [1.29, 1.82) is 0 Å². The lowest BCUT2D eigenvalue weighted by Gasteiger charge is -2.07. The van der Waals surface area contributed by atoms with Crippen LogP contribution in [0.4, 0.5) is 0 Å². The van der Waals surface area contributed by atoms with E-state index in [9.17, 15) is 4.79 Å². The van der Waals surface area contributed by atoms with Crippen LogP contribution in [0.3, 0.4) is 0 Å². The summed E-state index contributed by atoms with van der Waals surface area (Å²) in [6.07, 6.45) is 2.38. The largest absolute Gasteiger partial charge is 0.494 e.